The summed E-state index contributed by atoms with van der Waals surface area (Å²) >= 11 is 0. The van der Waals surface area contributed by atoms with Crippen LogP contribution in [-0.4, -0.2) is 9.97 Å². The Kier molecular flexibility index (Phi) is 6.17. The number of hydrogen-bond donors (Lipinski definition) is 0. The van der Waals surface area contributed by atoms with Crippen LogP contribution in [0.5, 0.6) is 0 Å². The molecule has 0 N–H and O–H groups in total. The van der Waals surface area contributed by atoms with Crippen LogP contribution >= 0.6 is 0 Å². The molecule has 46 heavy (non-hydrogen) atoms. The van der Waals surface area contributed by atoms with Crippen molar-refractivity contribution >= 4 is 43.1 Å². The first-order valence-electron chi connectivity index (χ1n) is 15.7. The predicted molar refractivity (Wildman–Crippen MR) is 194 cm³/mol. The molecule has 0 atom stereocenters. The van der Waals surface area contributed by atoms with E-state index in [1.807, 2.05) is 24.3 Å². The zero-order chi connectivity index (χ0) is 30.5. The topological polar surface area (TPSA) is 25.8 Å². The van der Waals surface area contributed by atoms with Gasteiger partial charge in [-0.05, 0) is 102 Å². The molecule has 7 aromatic carbocycles. The van der Waals surface area contributed by atoms with Crippen molar-refractivity contribution in [3.63, 3.8) is 0 Å². The van der Waals surface area contributed by atoms with Gasteiger partial charge in [0.15, 0.2) is 0 Å². The Bertz CT molecular complexity index is 2520. The molecule has 2 aromatic heterocycles. The summed E-state index contributed by atoms with van der Waals surface area (Å²) in [6.07, 6.45) is 1.81. The van der Waals surface area contributed by atoms with E-state index in [1.54, 1.807) is 6.20 Å². The van der Waals surface area contributed by atoms with E-state index in [0.29, 0.717) is 0 Å². The number of rotatable bonds is 4. The average Bonchev–Trinajstić information content (AvgIpc) is 3.13. The summed E-state index contributed by atoms with van der Waals surface area (Å²) in [6, 6.07) is 58.6. The second kappa shape index (κ2) is 10.8. The molecule has 0 saturated carbocycles. The Morgan fingerprint density at radius 1 is 0.326 bits per heavy atom. The summed E-state index contributed by atoms with van der Waals surface area (Å²) in [6.45, 7) is 0. The van der Waals surface area contributed by atoms with Gasteiger partial charge < -0.3 is 0 Å². The van der Waals surface area contributed by atoms with E-state index in [2.05, 4.69) is 145 Å². The van der Waals surface area contributed by atoms with Crippen molar-refractivity contribution in [3.05, 3.63) is 170 Å². The smallest absolute Gasteiger partial charge is 0.0893 e. The molecule has 2 nitrogen and oxygen atoms in total. The molecule has 0 radical (unpaired) electrons. The summed E-state index contributed by atoms with van der Waals surface area (Å²) < 4.78 is 0. The fourth-order valence-corrected chi connectivity index (χ4v) is 6.99. The van der Waals surface area contributed by atoms with Gasteiger partial charge in [0.25, 0.3) is 0 Å². The maximum Gasteiger partial charge on any atom is 0.0893 e. The van der Waals surface area contributed by atoms with Crippen LogP contribution in [0.1, 0.15) is 0 Å². The zero-order valence-corrected chi connectivity index (χ0v) is 25.1. The normalized spacial score (nSPS) is 11.5. The Morgan fingerprint density at radius 2 is 0.870 bits per heavy atom. The van der Waals surface area contributed by atoms with Crippen LogP contribution < -0.4 is 0 Å². The Labute approximate surface area is 267 Å². The maximum atomic E-state index is 4.94. The maximum absolute atomic E-state index is 4.94. The molecule has 2 heterocycles. The molecule has 9 rings (SSSR count). The van der Waals surface area contributed by atoms with Gasteiger partial charge in [0, 0.05) is 11.8 Å². The first-order chi connectivity index (χ1) is 22.8. The van der Waals surface area contributed by atoms with Gasteiger partial charge in [-0.15, -0.1) is 0 Å². The first kappa shape index (κ1) is 26.3. The monoisotopic (exact) mass is 584 g/mol. The lowest BCUT2D eigenvalue weighted by molar-refractivity contribution is 1.25. The van der Waals surface area contributed by atoms with Crippen LogP contribution in [0.15, 0.2) is 170 Å². The molecule has 0 amide bonds. The predicted octanol–water partition coefficient (Wildman–Crippen LogP) is 11.8. The molecular weight excluding hydrogens is 556 g/mol. The van der Waals surface area contributed by atoms with Crippen molar-refractivity contribution in [2.75, 3.05) is 0 Å². The van der Waals surface area contributed by atoms with E-state index in [0.717, 1.165) is 22.6 Å². The SMILES string of the molecule is c1ccc(-c2cccc(-c3ccc4cc(-c5c6ccccc6c(-c6cccc7ccccc67)c6ccccc56)ccc4c3)n2)nc1. The van der Waals surface area contributed by atoms with E-state index in [9.17, 15) is 0 Å². The van der Waals surface area contributed by atoms with Crippen LogP contribution in [0.25, 0.3) is 88.0 Å². The highest BCUT2D eigenvalue weighted by molar-refractivity contribution is 6.23. The highest BCUT2D eigenvalue weighted by Gasteiger charge is 2.18. The standard InChI is InChI=1S/C44H28N2/c1-2-13-34-29(11-1)12-9-18-35(34)44-38-16-5-3-14-36(38)43(37-15-4-6-17-39(37)44)33-25-23-30-27-32(24-22-31(30)28-33)40-20-10-21-42(46-40)41-19-7-8-26-45-41/h1-28H. The Hall–Kier alpha value is -6.12. The van der Waals surface area contributed by atoms with Crippen LogP contribution in [0.4, 0.5) is 0 Å². The number of pyridine rings is 2. The molecular formula is C44H28N2. The van der Waals surface area contributed by atoms with Gasteiger partial charge in [-0.3, -0.25) is 4.98 Å². The van der Waals surface area contributed by atoms with Gasteiger partial charge in [0.1, 0.15) is 0 Å². The highest BCUT2D eigenvalue weighted by Crippen LogP contribution is 2.45. The number of hydrogen-bond acceptors (Lipinski definition) is 2. The second-order valence-electron chi connectivity index (χ2n) is 11.8. The summed E-state index contributed by atoms with van der Waals surface area (Å²) in [4.78, 5) is 9.43. The lowest BCUT2D eigenvalue weighted by atomic mass is 9.84. The first-order valence-corrected chi connectivity index (χ1v) is 15.7. The van der Waals surface area contributed by atoms with E-state index >= 15 is 0 Å². The van der Waals surface area contributed by atoms with Gasteiger partial charge >= 0.3 is 0 Å². The van der Waals surface area contributed by atoms with E-state index in [-0.39, 0.29) is 0 Å². The molecule has 9 aromatic rings. The zero-order valence-electron chi connectivity index (χ0n) is 25.1. The van der Waals surface area contributed by atoms with Crippen molar-refractivity contribution in [1.82, 2.24) is 9.97 Å². The summed E-state index contributed by atoms with van der Waals surface area (Å²) in [7, 11) is 0. The fourth-order valence-electron chi connectivity index (χ4n) is 6.99. The fraction of sp³-hybridized carbons (Fsp3) is 0. The molecule has 0 fully saturated rings. The quantitative estimate of drug-likeness (QED) is 0.192. The van der Waals surface area contributed by atoms with E-state index in [4.69, 9.17) is 4.98 Å². The molecule has 0 spiro atoms. The van der Waals surface area contributed by atoms with E-state index < -0.39 is 0 Å². The molecule has 0 unspecified atom stereocenters. The van der Waals surface area contributed by atoms with Crippen molar-refractivity contribution < 1.29 is 0 Å². The number of nitrogens with zero attached hydrogens (tertiary/aromatic N) is 2. The largest absolute Gasteiger partial charge is 0.255 e. The second-order valence-corrected chi connectivity index (χ2v) is 11.8. The minimum atomic E-state index is 0.874. The Balaban J connectivity index is 1.22. The third kappa shape index (κ3) is 4.35. The average molecular weight is 585 g/mol. The molecule has 0 aliphatic rings. The third-order valence-electron chi connectivity index (χ3n) is 9.09. The minimum absolute atomic E-state index is 0.874. The Morgan fingerprint density at radius 3 is 1.59 bits per heavy atom. The van der Waals surface area contributed by atoms with Crippen LogP contribution in [0.2, 0.25) is 0 Å². The minimum Gasteiger partial charge on any atom is -0.255 e. The van der Waals surface area contributed by atoms with Gasteiger partial charge in [0.05, 0.1) is 17.1 Å². The lowest BCUT2D eigenvalue weighted by Crippen LogP contribution is -1.92. The summed E-state index contributed by atoms with van der Waals surface area (Å²) in [5.74, 6) is 0. The number of benzene rings is 7. The molecule has 0 bridgehead atoms. The van der Waals surface area contributed by atoms with Crippen molar-refractivity contribution in [1.29, 1.82) is 0 Å². The van der Waals surface area contributed by atoms with Gasteiger partial charge in [-0.1, -0.05) is 127 Å². The van der Waals surface area contributed by atoms with Crippen molar-refractivity contribution in [3.8, 4) is 44.9 Å². The number of aromatic nitrogens is 2. The van der Waals surface area contributed by atoms with Crippen LogP contribution in [0, 0.1) is 0 Å². The van der Waals surface area contributed by atoms with E-state index in [1.165, 1.54) is 65.3 Å². The van der Waals surface area contributed by atoms with Crippen LogP contribution in [-0.2, 0) is 0 Å². The highest BCUT2D eigenvalue weighted by atomic mass is 14.8. The lowest BCUT2D eigenvalue weighted by Gasteiger charge is -2.19. The summed E-state index contributed by atoms with van der Waals surface area (Å²) in [5.41, 5.74) is 8.82. The van der Waals surface area contributed by atoms with Gasteiger partial charge in [-0.2, -0.15) is 0 Å². The number of fused-ring (bicyclic) bond motifs is 4. The molecule has 0 saturated heterocycles. The molecule has 2 heteroatoms. The van der Waals surface area contributed by atoms with Crippen molar-refractivity contribution in [2.45, 2.75) is 0 Å². The summed E-state index contributed by atoms with van der Waals surface area (Å²) in [5, 5.41) is 9.97. The molecule has 0 aliphatic carbocycles. The third-order valence-corrected chi connectivity index (χ3v) is 9.09. The molecule has 214 valence electrons. The van der Waals surface area contributed by atoms with Crippen LogP contribution in [0.3, 0.4) is 0 Å². The van der Waals surface area contributed by atoms with Gasteiger partial charge in [-0.25, -0.2) is 4.98 Å². The molecule has 0 aliphatic heterocycles. The van der Waals surface area contributed by atoms with Crippen molar-refractivity contribution in [2.24, 2.45) is 0 Å². The van der Waals surface area contributed by atoms with Gasteiger partial charge in [0.2, 0.25) is 0 Å².